The average Bonchev–Trinajstić information content (AvgIpc) is 1.55. The van der Waals surface area contributed by atoms with E-state index >= 15 is 0 Å². The number of hydrogen-bond acceptors (Lipinski definition) is 3. The van der Waals surface area contributed by atoms with Crippen molar-refractivity contribution in [2.75, 3.05) is 12.5 Å². The van der Waals surface area contributed by atoms with E-state index in [1.807, 2.05) is 20.8 Å². The van der Waals surface area contributed by atoms with Crippen LogP contribution in [-0.4, -0.2) is 25.5 Å². The highest BCUT2D eigenvalue weighted by Crippen LogP contribution is 2.12. The third-order valence-electron chi connectivity index (χ3n) is 0.767. The Hall–Kier alpha value is -0.130. The van der Waals surface area contributed by atoms with E-state index in [1.165, 1.54) is 0 Å². The smallest absolute Gasteiger partial charge is 0.289 e. The van der Waals surface area contributed by atoms with E-state index < -0.39 is 16.1 Å². The van der Waals surface area contributed by atoms with Gasteiger partial charge in [0.1, 0.15) is 0 Å². The van der Waals surface area contributed by atoms with Crippen LogP contribution in [0.15, 0.2) is 0 Å². The summed E-state index contributed by atoms with van der Waals surface area (Å²) in [5, 5.41) is 0. The summed E-state index contributed by atoms with van der Waals surface area (Å²) in [6.07, 6.45) is 0. The summed E-state index contributed by atoms with van der Waals surface area (Å²) in [5.74, 6) is -0.621. The molecule has 0 fully saturated rings. The van der Waals surface area contributed by atoms with Gasteiger partial charge < -0.3 is 4.74 Å². The van der Waals surface area contributed by atoms with Gasteiger partial charge in [-0.3, -0.25) is 4.55 Å². The molecule has 0 atom stereocenters. The summed E-state index contributed by atoms with van der Waals surface area (Å²) in [7, 11) is -3.97. The standard InChI is InChI=1S/C6H14O4S/c1-6(2,3)4-10-5-11(7,8)9/h4-5H2,1-3H3,(H,7,8,9). The molecule has 1 N–H and O–H groups in total. The van der Waals surface area contributed by atoms with Crippen LogP contribution < -0.4 is 0 Å². The molecule has 0 aliphatic heterocycles. The Morgan fingerprint density at radius 3 is 2.09 bits per heavy atom. The van der Waals surface area contributed by atoms with E-state index in [0.717, 1.165) is 0 Å². The van der Waals surface area contributed by atoms with Gasteiger partial charge in [0.15, 0.2) is 5.94 Å². The molecule has 0 unspecified atom stereocenters. The first-order chi connectivity index (χ1) is 4.71. The molecule has 0 aliphatic rings. The number of ether oxygens (including phenoxy) is 1. The zero-order valence-electron chi connectivity index (χ0n) is 6.99. The zero-order chi connectivity index (χ0) is 9.12. The van der Waals surface area contributed by atoms with Gasteiger partial charge >= 0.3 is 0 Å². The maximum atomic E-state index is 10.1. The van der Waals surface area contributed by atoms with Crippen LogP contribution in [0.25, 0.3) is 0 Å². The van der Waals surface area contributed by atoms with Crippen molar-refractivity contribution >= 4 is 10.1 Å². The normalized spacial score (nSPS) is 13.5. The largest absolute Gasteiger partial charge is 0.362 e. The van der Waals surface area contributed by atoms with Crippen LogP contribution in [0.4, 0.5) is 0 Å². The lowest BCUT2D eigenvalue weighted by molar-refractivity contribution is 0.0983. The molecule has 4 nitrogen and oxygen atoms in total. The van der Waals surface area contributed by atoms with E-state index in [1.54, 1.807) is 0 Å². The van der Waals surface area contributed by atoms with Crippen molar-refractivity contribution < 1.29 is 17.7 Å². The van der Waals surface area contributed by atoms with Crippen LogP contribution in [0.5, 0.6) is 0 Å². The minimum Gasteiger partial charge on any atom is -0.362 e. The first-order valence-electron chi connectivity index (χ1n) is 3.24. The first-order valence-corrected chi connectivity index (χ1v) is 4.84. The average molecular weight is 182 g/mol. The highest BCUT2D eigenvalue weighted by molar-refractivity contribution is 7.85. The molecule has 0 aromatic rings. The monoisotopic (exact) mass is 182 g/mol. The van der Waals surface area contributed by atoms with Crippen LogP contribution >= 0.6 is 0 Å². The van der Waals surface area contributed by atoms with Gasteiger partial charge in [0, 0.05) is 0 Å². The number of hydrogen-bond donors (Lipinski definition) is 1. The molecular formula is C6H14O4S. The molecule has 0 saturated carbocycles. The molecule has 0 bridgehead atoms. The quantitative estimate of drug-likeness (QED) is 0.658. The lowest BCUT2D eigenvalue weighted by atomic mass is 9.99. The summed E-state index contributed by atoms with van der Waals surface area (Å²) in [5.41, 5.74) is -0.0787. The molecule has 0 aromatic heterocycles. The molecule has 0 spiro atoms. The van der Waals surface area contributed by atoms with Gasteiger partial charge in [0.2, 0.25) is 0 Å². The summed E-state index contributed by atoms with van der Waals surface area (Å²) < 4.78 is 33.3. The lowest BCUT2D eigenvalue weighted by Gasteiger charge is -2.16. The maximum Gasteiger partial charge on any atom is 0.289 e. The Labute approximate surface area is 67.3 Å². The van der Waals surface area contributed by atoms with Crippen molar-refractivity contribution in [1.82, 2.24) is 0 Å². The summed E-state index contributed by atoms with van der Waals surface area (Å²) in [4.78, 5) is 0. The molecule has 0 radical (unpaired) electrons. The van der Waals surface area contributed by atoms with Gasteiger partial charge in [-0.05, 0) is 5.41 Å². The van der Waals surface area contributed by atoms with Gasteiger partial charge in [-0.15, -0.1) is 0 Å². The summed E-state index contributed by atoms with van der Waals surface area (Å²) >= 11 is 0. The number of rotatable bonds is 3. The van der Waals surface area contributed by atoms with Gasteiger partial charge in [-0.2, -0.15) is 8.42 Å². The maximum absolute atomic E-state index is 10.1. The first kappa shape index (κ1) is 10.9. The molecule has 0 amide bonds. The van der Waals surface area contributed by atoms with Crippen molar-refractivity contribution in [2.24, 2.45) is 5.41 Å². The molecule has 0 aliphatic carbocycles. The molecular weight excluding hydrogens is 168 g/mol. The fraction of sp³-hybridized carbons (Fsp3) is 1.00. The van der Waals surface area contributed by atoms with Gasteiger partial charge in [0.05, 0.1) is 6.61 Å². The van der Waals surface area contributed by atoms with E-state index in [0.29, 0.717) is 6.61 Å². The third-order valence-corrected chi connectivity index (χ3v) is 1.23. The second-order valence-corrected chi connectivity index (χ2v) is 5.01. The van der Waals surface area contributed by atoms with Crippen molar-refractivity contribution in [3.63, 3.8) is 0 Å². The molecule has 0 heterocycles. The lowest BCUT2D eigenvalue weighted by Crippen LogP contribution is -2.18. The van der Waals surface area contributed by atoms with Gasteiger partial charge in [0.25, 0.3) is 10.1 Å². The van der Waals surface area contributed by atoms with Crippen LogP contribution in [0, 0.1) is 5.41 Å². The fourth-order valence-electron chi connectivity index (χ4n) is 0.453. The zero-order valence-corrected chi connectivity index (χ0v) is 7.81. The van der Waals surface area contributed by atoms with E-state index in [4.69, 9.17) is 9.29 Å². The predicted octanol–water partition coefficient (Wildman–Crippen LogP) is 0.894. The molecule has 0 rings (SSSR count). The topological polar surface area (TPSA) is 63.6 Å². The van der Waals surface area contributed by atoms with Crippen LogP contribution in [-0.2, 0) is 14.9 Å². The van der Waals surface area contributed by atoms with E-state index in [-0.39, 0.29) is 5.41 Å². The van der Waals surface area contributed by atoms with Crippen molar-refractivity contribution in [3.05, 3.63) is 0 Å². The third kappa shape index (κ3) is 9.87. The van der Waals surface area contributed by atoms with Crippen LogP contribution in [0.2, 0.25) is 0 Å². The molecule has 0 saturated heterocycles. The Balaban J connectivity index is 3.61. The SMILES string of the molecule is CC(C)(C)COCS(=O)(=O)O. The van der Waals surface area contributed by atoms with Gasteiger partial charge in [-0.25, -0.2) is 0 Å². The van der Waals surface area contributed by atoms with Crippen molar-refractivity contribution in [3.8, 4) is 0 Å². The fourth-order valence-corrected chi connectivity index (χ4v) is 0.747. The summed E-state index contributed by atoms with van der Waals surface area (Å²) in [6.45, 7) is 6.05. The molecule has 0 aromatic carbocycles. The highest BCUT2D eigenvalue weighted by Gasteiger charge is 2.12. The summed E-state index contributed by atoms with van der Waals surface area (Å²) in [6, 6.07) is 0. The van der Waals surface area contributed by atoms with E-state index in [9.17, 15) is 8.42 Å². The Morgan fingerprint density at radius 2 is 1.82 bits per heavy atom. The molecule has 11 heavy (non-hydrogen) atoms. The Morgan fingerprint density at radius 1 is 1.36 bits per heavy atom. The predicted molar refractivity (Wildman–Crippen MR) is 41.8 cm³/mol. The van der Waals surface area contributed by atoms with Crippen molar-refractivity contribution in [2.45, 2.75) is 20.8 Å². The van der Waals surface area contributed by atoms with Crippen LogP contribution in [0.3, 0.4) is 0 Å². The second-order valence-electron chi connectivity index (χ2n) is 3.61. The second kappa shape index (κ2) is 3.51. The Bertz CT molecular complexity index is 199. The molecule has 68 valence electrons. The van der Waals surface area contributed by atoms with E-state index in [2.05, 4.69) is 0 Å². The Kier molecular flexibility index (Phi) is 3.47. The highest BCUT2D eigenvalue weighted by atomic mass is 32.2. The van der Waals surface area contributed by atoms with Crippen LogP contribution in [0.1, 0.15) is 20.8 Å². The molecule has 5 heteroatoms. The minimum atomic E-state index is -3.97. The van der Waals surface area contributed by atoms with Gasteiger partial charge in [-0.1, -0.05) is 20.8 Å². The minimum absolute atomic E-state index is 0.0787. The van der Waals surface area contributed by atoms with Crippen molar-refractivity contribution in [1.29, 1.82) is 0 Å².